The Labute approximate surface area is 122 Å². The van der Waals surface area contributed by atoms with E-state index >= 15 is 0 Å². The summed E-state index contributed by atoms with van der Waals surface area (Å²) < 4.78 is 4.79. The van der Waals surface area contributed by atoms with E-state index in [1.165, 1.54) is 18.4 Å². The number of rotatable bonds is 3. The summed E-state index contributed by atoms with van der Waals surface area (Å²) in [4.78, 5) is 16.7. The van der Waals surface area contributed by atoms with Crippen molar-refractivity contribution >= 4 is 28.0 Å². The number of piperazine rings is 1. The number of nitrogens with two attached hydrogens (primary N) is 1. The summed E-state index contributed by atoms with van der Waals surface area (Å²) in [6.07, 6.45) is 0. The van der Waals surface area contributed by atoms with Crippen molar-refractivity contribution in [2.24, 2.45) is 0 Å². The summed E-state index contributed by atoms with van der Waals surface area (Å²) in [5, 5.41) is 9.84. The monoisotopic (exact) mass is 294 g/mol. The number of thiophene rings is 1. The maximum atomic E-state index is 11.9. The second-order valence-electron chi connectivity index (χ2n) is 4.55. The number of hydrogen-bond donors (Lipinski definition) is 1. The topological polar surface area (TPSA) is 82.6 Å². The molecular weight excluding hydrogens is 276 g/mol. The number of esters is 1. The normalized spacial score (nSPS) is 15.9. The van der Waals surface area contributed by atoms with Crippen LogP contribution >= 0.6 is 11.3 Å². The van der Waals surface area contributed by atoms with Gasteiger partial charge in [-0.15, -0.1) is 11.3 Å². The lowest BCUT2D eigenvalue weighted by Gasteiger charge is -2.35. The van der Waals surface area contributed by atoms with Gasteiger partial charge in [0.25, 0.3) is 0 Å². The first-order chi connectivity index (χ1) is 9.62. The third kappa shape index (κ3) is 2.57. The van der Waals surface area contributed by atoms with Crippen LogP contribution in [0.1, 0.15) is 22.2 Å². The third-order valence-corrected chi connectivity index (χ3v) is 4.70. The van der Waals surface area contributed by atoms with Crippen LogP contribution in [0.3, 0.4) is 0 Å². The van der Waals surface area contributed by atoms with Crippen LogP contribution in [-0.4, -0.2) is 50.7 Å². The lowest BCUT2D eigenvalue weighted by Crippen LogP contribution is -2.46. The van der Waals surface area contributed by atoms with Crippen LogP contribution in [0.4, 0.5) is 10.7 Å². The number of methoxy groups -OCH3 is 1. The fourth-order valence-electron chi connectivity index (χ4n) is 2.30. The van der Waals surface area contributed by atoms with Crippen LogP contribution in [0, 0.1) is 11.3 Å². The molecule has 1 saturated heterocycles. The number of ether oxygens (including phenoxy) is 1. The Balaban J connectivity index is 2.32. The molecule has 1 aliphatic heterocycles. The Hall–Kier alpha value is -1.78. The predicted molar refractivity (Wildman–Crippen MR) is 79.1 cm³/mol. The number of carbonyl (C=O) groups excluding carboxylic acids is 1. The van der Waals surface area contributed by atoms with E-state index in [-0.39, 0.29) is 5.69 Å². The summed E-state index contributed by atoms with van der Waals surface area (Å²) in [6, 6.07) is 2.04. The number of nitrogens with zero attached hydrogens (tertiary/aromatic N) is 3. The first-order valence-electron chi connectivity index (χ1n) is 6.50. The fourth-order valence-corrected chi connectivity index (χ4v) is 3.36. The number of likely N-dealkylation sites (N-methyl/N-ethyl adjacent to an activating group) is 1. The molecule has 2 N–H and O–H groups in total. The average Bonchev–Trinajstić information content (AvgIpc) is 2.83. The molecule has 7 heteroatoms. The minimum absolute atomic E-state index is 0.234. The Morgan fingerprint density at radius 1 is 1.45 bits per heavy atom. The molecule has 1 aromatic rings. The predicted octanol–water partition coefficient (Wildman–Crippen LogP) is 1.13. The molecule has 0 bridgehead atoms. The van der Waals surface area contributed by atoms with Gasteiger partial charge in [0.2, 0.25) is 0 Å². The summed E-state index contributed by atoms with van der Waals surface area (Å²) in [7, 11) is 1.32. The van der Waals surface area contributed by atoms with Crippen LogP contribution in [0.25, 0.3) is 0 Å². The molecule has 0 amide bonds. The van der Waals surface area contributed by atoms with E-state index in [0.717, 1.165) is 37.7 Å². The summed E-state index contributed by atoms with van der Waals surface area (Å²) >= 11 is 1.27. The molecule has 108 valence electrons. The summed E-state index contributed by atoms with van der Waals surface area (Å²) in [5.41, 5.74) is 6.47. The Morgan fingerprint density at radius 3 is 2.60 bits per heavy atom. The first-order valence-corrected chi connectivity index (χ1v) is 7.32. The SMILES string of the molecule is CCN1CCN(c2sc(C#N)c(N)c2C(=O)OC)CC1. The van der Waals surface area contributed by atoms with Gasteiger partial charge in [-0.1, -0.05) is 6.92 Å². The van der Waals surface area contributed by atoms with E-state index in [1.54, 1.807) is 0 Å². The average molecular weight is 294 g/mol. The molecule has 0 aliphatic carbocycles. The number of anilines is 2. The maximum absolute atomic E-state index is 11.9. The molecule has 0 aromatic carbocycles. The van der Waals surface area contributed by atoms with Gasteiger partial charge in [0.1, 0.15) is 21.5 Å². The van der Waals surface area contributed by atoms with Crippen molar-refractivity contribution in [3.05, 3.63) is 10.4 Å². The van der Waals surface area contributed by atoms with Crippen LogP contribution in [0.15, 0.2) is 0 Å². The standard InChI is InChI=1S/C13H18N4O2S/c1-3-16-4-6-17(7-5-16)12-10(13(18)19-2)11(15)9(8-14)20-12/h3-7,15H2,1-2H3. The molecule has 2 heterocycles. The van der Waals surface area contributed by atoms with Gasteiger partial charge in [-0.2, -0.15) is 5.26 Å². The Kier molecular flexibility index (Phi) is 4.47. The van der Waals surface area contributed by atoms with E-state index in [2.05, 4.69) is 16.7 Å². The van der Waals surface area contributed by atoms with Crippen molar-refractivity contribution in [1.82, 2.24) is 4.90 Å². The molecule has 1 fully saturated rings. The van der Waals surface area contributed by atoms with Crippen LogP contribution in [0.2, 0.25) is 0 Å². The molecular formula is C13H18N4O2S. The van der Waals surface area contributed by atoms with Gasteiger partial charge in [-0.25, -0.2) is 4.79 Å². The van der Waals surface area contributed by atoms with E-state index < -0.39 is 5.97 Å². The van der Waals surface area contributed by atoms with E-state index in [9.17, 15) is 4.79 Å². The van der Waals surface area contributed by atoms with Gasteiger partial charge in [-0.05, 0) is 6.54 Å². The highest BCUT2D eigenvalue weighted by atomic mass is 32.1. The Bertz CT molecular complexity index is 541. The zero-order chi connectivity index (χ0) is 14.7. The van der Waals surface area contributed by atoms with Gasteiger partial charge in [0.05, 0.1) is 12.8 Å². The largest absolute Gasteiger partial charge is 0.465 e. The number of nitriles is 1. The quantitative estimate of drug-likeness (QED) is 0.842. The van der Waals surface area contributed by atoms with Gasteiger partial charge >= 0.3 is 5.97 Å². The lowest BCUT2D eigenvalue weighted by molar-refractivity contribution is 0.0603. The molecule has 0 spiro atoms. The molecule has 2 rings (SSSR count). The van der Waals surface area contributed by atoms with Crippen LogP contribution in [0.5, 0.6) is 0 Å². The van der Waals surface area contributed by atoms with Gasteiger partial charge < -0.3 is 20.3 Å². The highest BCUT2D eigenvalue weighted by Crippen LogP contribution is 2.38. The minimum Gasteiger partial charge on any atom is -0.465 e. The Morgan fingerprint density at radius 2 is 2.10 bits per heavy atom. The second-order valence-corrected chi connectivity index (χ2v) is 5.55. The number of nitrogen functional groups attached to an aromatic ring is 1. The minimum atomic E-state index is -0.479. The lowest BCUT2D eigenvalue weighted by atomic mass is 10.2. The van der Waals surface area contributed by atoms with E-state index in [1.807, 2.05) is 6.07 Å². The number of hydrogen-bond acceptors (Lipinski definition) is 7. The zero-order valence-electron chi connectivity index (χ0n) is 11.7. The van der Waals surface area contributed by atoms with Crippen molar-refractivity contribution < 1.29 is 9.53 Å². The van der Waals surface area contributed by atoms with Crippen molar-refractivity contribution in [3.8, 4) is 6.07 Å². The van der Waals surface area contributed by atoms with Gasteiger partial charge in [0, 0.05) is 26.2 Å². The molecule has 0 atom stereocenters. The molecule has 0 unspecified atom stereocenters. The molecule has 6 nitrogen and oxygen atoms in total. The molecule has 0 saturated carbocycles. The zero-order valence-corrected chi connectivity index (χ0v) is 12.5. The van der Waals surface area contributed by atoms with Crippen LogP contribution < -0.4 is 10.6 Å². The second kappa shape index (κ2) is 6.11. The number of carbonyl (C=O) groups is 1. The summed E-state index contributed by atoms with van der Waals surface area (Å²) in [5.74, 6) is -0.479. The van der Waals surface area contributed by atoms with Crippen molar-refractivity contribution in [2.45, 2.75) is 6.92 Å². The molecule has 20 heavy (non-hydrogen) atoms. The fraction of sp³-hybridized carbons (Fsp3) is 0.538. The van der Waals surface area contributed by atoms with Crippen molar-refractivity contribution in [1.29, 1.82) is 5.26 Å². The maximum Gasteiger partial charge on any atom is 0.343 e. The van der Waals surface area contributed by atoms with Crippen LogP contribution in [-0.2, 0) is 4.74 Å². The first kappa shape index (κ1) is 14.6. The van der Waals surface area contributed by atoms with E-state index in [4.69, 9.17) is 15.7 Å². The van der Waals surface area contributed by atoms with Gasteiger partial charge in [-0.3, -0.25) is 0 Å². The van der Waals surface area contributed by atoms with Gasteiger partial charge in [0.15, 0.2) is 0 Å². The molecule has 1 aromatic heterocycles. The van der Waals surface area contributed by atoms with E-state index in [0.29, 0.717) is 10.4 Å². The van der Waals surface area contributed by atoms with Crippen molar-refractivity contribution in [3.63, 3.8) is 0 Å². The molecule has 0 radical (unpaired) electrons. The highest BCUT2D eigenvalue weighted by Gasteiger charge is 2.28. The van der Waals surface area contributed by atoms with Crippen molar-refractivity contribution in [2.75, 3.05) is 50.5 Å². The highest BCUT2D eigenvalue weighted by molar-refractivity contribution is 7.17. The third-order valence-electron chi connectivity index (χ3n) is 3.52. The molecule has 1 aliphatic rings. The smallest absolute Gasteiger partial charge is 0.343 e. The summed E-state index contributed by atoms with van der Waals surface area (Å²) in [6.45, 7) is 6.68.